The van der Waals surface area contributed by atoms with Crippen molar-refractivity contribution in [1.29, 1.82) is 0 Å². The van der Waals surface area contributed by atoms with Crippen molar-refractivity contribution >= 4 is 85.8 Å². The predicted octanol–water partition coefficient (Wildman–Crippen LogP) is 9.78. The number of halogens is 1. The number of benzene rings is 4. The second-order valence-corrected chi connectivity index (χ2v) is 20.1. The van der Waals surface area contributed by atoms with Gasteiger partial charge in [0.05, 0.1) is 55.5 Å². The Balaban J connectivity index is 0.000000177. The molecule has 78 heavy (non-hydrogen) atoms. The van der Waals surface area contributed by atoms with Gasteiger partial charge in [-0.25, -0.2) is 19.2 Å². The number of hydrogen-bond acceptors (Lipinski definition) is 14. The quantitative estimate of drug-likeness (QED) is 0.0398. The highest BCUT2D eigenvalue weighted by Crippen LogP contribution is 2.37. The fourth-order valence-corrected chi connectivity index (χ4v) is 8.58. The number of H-pyrrole nitrogens is 2. The van der Waals surface area contributed by atoms with Gasteiger partial charge in [0, 0.05) is 55.0 Å². The van der Waals surface area contributed by atoms with E-state index in [9.17, 15) is 28.8 Å². The first-order chi connectivity index (χ1) is 37.1. The van der Waals surface area contributed by atoms with E-state index in [0.29, 0.717) is 72.8 Å². The molecule has 8 aromatic rings. The van der Waals surface area contributed by atoms with Crippen LogP contribution in [0.1, 0.15) is 128 Å². The van der Waals surface area contributed by atoms with Crippen LogP contribution in [0, 0.1) is 0 Å². The van der Waals surface area contributed by atoms with Crippen LogP contribution in [0.2, 0.25) is 0 Å². The Kier molecular flexibility index (Phi) is 18.5. The number of nitrogens with one attached hydrogen (secondary N) is 2. The second kappa shape index (κ2) is 25.0. The van der Waals surface area contributed by atoms with E-state index in [0.717, 1.165) is 54.3 Å². The summed E-state index contributed by atoms with van der Waals surface area (Å²) in [6, 6.07) is 32.7. The number of nitrogens with zero attached hydrogens (tertiary/aromatic N) is 4. The number of fused-ring (bicyclic) bond motifs is 2. The highest BCUT2D eigenvalue weighted by atomic mass is 79.9. The lowest BCUT2D eigenvalue weighted by Crippen LogP contribution is -2.41. The van der Waals surface area contributed by atoms with Gasteiger partial charge in [0.2, 0.25) is 0 Å². The topological polar surface area (TPSA) is 225 Å². The van der Waals surface area contributed by atoms with Gasteiger partial charge in [-0.05, 0) is 153 Å². The molecule has 0 saturated carbocycles. The highest BCUT2D eigenvalue weighted by Gasteiger charge is 2.51. The molecular formula is C58H62BBrN6O12. The lowest BCUT2D eigenvalue weighted by atomic mass is 9.79. The molecule has 0 unspecified atom stereocenters. The third kappa shape index (κ3) is 13.8. The van der Waals surface area contributed by atoms with Crippen molar-refractivity contribution in [2.45, 2.75) is 78.4 Å². The summed E-state index contributed by atoms with van der Waals surface area (Å²) in [6.07, 6.45) is 1.82. The Hall–Kier alpha value is -7.94. The zero-order valence-corrected chi connectivity index (χ0v) is 46.9. The van der Waals surface area contributed by atoms with E-state index >= 15 is 0 Å². The zero-order chi connectivity index (χ0) is 56.5. The molecule has 0 radical (unpaired) electrons. The highest BCUT2D eigenvalue weighted by molar-refractivity contribution is 9.10. The van der Waals surface area contributed by atoms with Gasteiger partial charge in [-0.3, -0.25) is 19.0 Å². The van der Waals surface area contributed by atoms with Gasteiger partial charge >= 0.3 is 31.0 Å². The van der Waals surface area contributed by atoms with Crippen LogP contribution in [0.3, 0.4) is 0 Å². The molecule has 1 aliphatic heterocycles. The molecule has 406 valence electrons. The maximum absolute atomic E-state index is 12.8. The summed E-state index contributed by atoms with van der Waals surface area (Å²) in [7, 11) is 5.84. The van der Waals surface area contributed by atoms with Gasteiger partial charge in [-0.15, -0.1) is 0 Å². The van der Waals surface area contributed by atoms with E-state index in [1.54, 1.807) is 85.8 Å². The number of methoxy groups -OCH3 is 2. The van der Waals surface area contributed by atoms with Crippen LogP contribution >= 0.6 is 15.9 Å². The van der Waals surface area contributed by atoms with E-state index in [-0.39, 0.29) is 34.7 Å². The largest absolute Gasteiger partial charge is 0.494 e. The molecule has 0 atom stereocenters. The zero-order valence-electron chi connectivity index (χ0n) is 45.3. The molecule has 1 fully saturated rings. The number of rotatable bonds is 16. The number of carbonyl (C=O) groups is 6. The Morgan fingerprint density at radius 2 is 1.03 bits per heavy atom. The monoisotopic (exact) mass is 1120 g/mol. The average molecular weight is 1130 g/mol. The molecule has 4 aromatic carbocycles. The Morgan fingerprint density at radius 3 is 1.47 bits per heavy atom. The van der Waals surface area contributed by atoms with Gasteiger partial charge in [0.1, 0.15) is 27.4 Å². The third-order valence-corrected chi connectivity index (χ3v) is 14.1. The van der Waals surface area contributed by atoms with Crippen molar-refractivity contribution in [3.8, 4) is 11.3 Å². The van der Waals surface area contributed by atoms with E-state index in [4.69, 9.17) is 23.5 Å². The fourth-order valence-electron chi connectivity index (χ4n) is 8.28. The average Bonchev–Trinajstić information content (AvgIpc) is 4.28. The number of aromatic amines is 2. The minimum atomic E-state index is -0.412. The smallest absolute Gasteiger partial charge is 0.465 e. The van der Waals surface area contributed by atoms with Crippen molar-refractivity contribution in [2.75, 3.05) is 27.4 Å². The van der Waals surface area contributed by atoms with Gasteiger partial charge in [0.25, 0.3) is 0 Å². The minimum absolute atomic E-state index is 0.00616. The maximum Gasteiger partial charge on any atom is 0.494 e. The number of carbonyl (C=O) groups excluding carboxylic acids is 6. The molecule has 20 heteroatoms. The number of ketones is 2. The summed E-state index contributed by atoms with van der Waals surface area (Å²) in [5.41, 5.74) is 8.19. The van der Waals surface area contributed by atoms with Crippen LogP contribution in [0.5, 0.6) is 0 Å². The number of ether oxygens (including phenoxy) is 4. The first-order valence-corrected chi connectivity index (χ1v) is 26.0. The lowest BCUT2D eigenvalue weighted by molar-refractivity contribution is 0.00578. The molecular weight excluding hydrogens is 1060 g/mol. The molecule has 9 rings (SSSR count). The van der Waals surface area contributed by atoms with E-state index in [2.05, 4.69) is 40.8 Å². The van der Waals surface area contributed by atoms with Crippen molar-refractivity contribution < 1.29 is 57.0 Å². The Morgan fingerprint density at radius 1 is 0.577 bits per heavy atom. The van der Waals surface area contributed by atoms with Crippen molar-refractivity contribution in [1.82, 2.24) is 29.5 Å². The standard InChI is InChI=1S/C26H25N3O5.C17H22BNO4.C15H15BrN2O3/c1-4-34-26(32)22-14-19-13-18(10-11-20(19)27-22)23-15-21(28-29(23)2)24(30)12-7-16-5-8-17(9-6-16)25(31)33-3;1-6-21-15(20)14-10-11-9-12(7-8-13(11)19-14)18-22-16(2,3)17(4,5)23-18;1-18-14(16)9-12(17-18)13(19)8-5-10-3-6-11(7-4-10)15(20)21-2/h5-6,8-11,13-15,27H,4,7,12H2,1-3H3;7-10,19H,6H2,1-5H3;3-4,6-7,9H,5,8H2,1-2H3. The van der Waals surface area contributed by atoms with Crippen molar-refractivity contribution in [2.24, 2.45) is 14.1 Å². The SMILES string of the molecule is CCOC(=O)c1cc2cc(-c3cc(C(=O)CCc4ccc(C(=O)OC)cc4)nn3C)ccc2[nH]1.CCOC(=O)c1cc2cc(B3OC(C)(C)C(C)(C)O3)ccc2[nH]1.COC(=O)c1ccc(CCC(=O)c2cc(Br)n(C)n2)cc1. The summed E-state index contributed by atoms with van der Waals surface area (Å²) < 4.78 is 35.6. The molecule has 0 aliphatic carbocycles. The lowest BCUT2D eigenvalue weighted by Gasteiger charge is -2.32. The van der Waals surface area contributed by atoms with Gasteiger partial charge in [0.15, 0.2) is 11.6 Å². The first kappa shape index (κ1) is 57.8. The normalized spacial score (nSPS) is 13.2. The molecule has 5 heterocycles. The predicted molar refractivity (Wildman–Crippen MR) is 298 cm³/mol. The van der Waals surface area contributed by atoms with Crippen LogP contribution in [-0.2, 0) is 55.2 Å². The molecule has 1 aliphatic rings. The van der Waals surface area contributed by atoms with Gasteiger partial charge in [-0.2, -0.15) is 10.2 Å². The summed E-state index contributed by atoms with van der Waals surface area (Å²) in [4.78, 5) is 77.6. The maximum atomic E-state index is 12.8. The van der Waals surface area contributed by atoms with Gasteiger partial charge < -0.3 is 38.2 Å². The number of aromatic nitrogens is 6. The van der Waals surface area contributed by atoms with E-state index in [1.807, 2.05) is 88.4 Å². The molecule has 2 N–H and O–H groups in total. The van der Waals surface area contributed by atoms with Crippen molar-refractivity contribution in [3.05, 3.63) is 159 Å². The summed E-state index contributed by atoms with van der Waals surface area (Å²) in [5.74, 6) is -1.57. The number of aryl methyl sites for hydroxylation is 4. The fraction of sp³-hybridized carbons (Fsp3) is 0.310. The van der Waals surface area contributed by atoms with Crippen LogP contribution < -0.4 is 5.46 Å². The summed E-state index contributed by atoms with van der Waals surface area (Å²) in [6.45, 7) is 12.3. The molecule has 0 spiro atoms. The summed E-state index contributed by atoms with van der Waals surface area (Å²) in [5, 5.41) is 10.3. The third-order valence-electron chi connectivity index (χ3n) is 13.4. The Labute approximate surface area is 460 Å². The molecule has 0 amide bonds. The van der Waals surface area contributed by atoms with E-state index < -0.39 is 19.1 Å². The number of esters is 4. The van der Waals surface area contributed by atoms with Crippen LogP contribution in [0.4, 0.5) is 0 Å². The van der Waals surface area contributed by atoms with Crippen LogP contribution in [0.25, 0.3) is 33.1 Å². The van der Waals surface area contributed by atoms with Crippen LogP contribution in [0.15, 0.2) is 114 Å². The van der Waals surface area contributed by atoms with Gasteiger partial charge in [-0.1, -0.05) is 42.5 Å². The molecule has 0 bridgehead atoms. The second-order valence-electron chi connectivity index (χ2n) is 19.3. The summed E-state index contributed by atoms with van der Waals surface area (Å²) >= 11 is 3.31. The van der Waals surface area contributed by atoms with Crippen LogP contribution in [-0.4, -0.2) is 111 Å². The van der Waals surface area contributed by atoms with Crippen molar-refractivity contribution in [3.63, 3.8) is 0 Å². The van der Waals surface area contributed by atoms with E-state index in [1.165, 1.54) is 14.2 Å². The molecule has 1 saturated heterocycles. The number of hydrogen-bond donors (Lipinski definition) is 2. The molecule has 4 aromatic heterocycles. The Bertz CT molecular complexity index is 3450. The number of Topliss-reactive ketones (excluding diaryl/α,β-unsaturated/α-hetero) is 2. The minimum Gasteiger partial charge on any atom is -0.465 e. The first-order valence-electron chi connectivity index (χ1n) is 25.2. The molecule has 18 nitrogen and oxygen atoms in total.